The number of nitrogens with zero attached hydrogens (tertiary/aromatic N) is 1. The van der Waals surface area contributed by atoms with E-state index in [9.17, 15) is 24.3 Å². The number of ether oxygens (including phenoxy) is 1. The summed E-state index contributed by atoms with van der Waals surface area (Å²) in [6.07, 6.45) is 1.37. The molecular formula is C14H17NO8. The molecule has 1 fully saturated rings. The van der Waals surface area contributed by atoms with Crippen LogP contribution in [-0.2, 0) is 24.0 Å². The number of hydrogen-bond donors (Lipinski definition) is 2. The maximum absolute atomic E-state index is 11.6. The van der Waals surface area contributed by atoms with Gasteiger partial charge in [0.1, 0.15) is 6.10 Å². The average Bonchev–Trinajstić information content (AvgIpc) is 2.78. The van der Waals surface area contributed by atoms with Gasteiger partial charge in [0.05, 0.1) is 0 Å². The van der Waals surface area contributed by atoms with E-state index in [1.807, 2.05) is 0 Å². The molecule has 2 aliphatic rings. The van der Waals surface area contributed by atoms with Gasteiger partial charge in [0.2, 0.25) is 0 Å². The standard InChI is InChI=1S/C14H17NO8/c16-10-4-5-11(17)15(10)23-13(20)22-9-3-1-2-7-14(21,8-6-9)12(18)19/h1,3,9,21H,2,4-8H2,(H,18,19)/b3-1+/t9-,14-/m0/s1. The fourth-order valence-corrected chi connectivity index (χ4v) is 2.36. The molecule has 0 bridgehead atoms. The highest BCUT2D eigenvalue weighted by Crippen LogP contribution is 2.25. The molecule has 2 rings (SSSR count). The third kappa shape index (κ3) is 4.07. The Morgan fingerprint density at radius 3 is 2.48 bits per heavy atom. The van der Waals surface area contributed by atoms with E-state index in [4.69, 9.17) is 9.84 Å². The molecule has 2 atom stereocenters. The Morgan fingerprint density at radius 2 is 1.87 bits per heavy atom. The van der Waals surface area contributed by atoms with Gasteiger partial charge in [-0.15, -0.1) is 0 Å². The van der Waals surface area contributed by atoms with Gasteiger partial charge in [-0.3, -0.25) is 14.4 Å². The molecule has 126 valence electrons. The van der Waals surface area contributed by atoms with Crippen molar-refractivity contribution in [3.8, 4) is 0 Å². The highest BCUT2D eigenvalue weighted by molar-refractivity contribution is 6.01. The zero-order valence-corrected chi connectivity index (χ0v) is 12.3. The van der Waals surface area contributed by atoms with Gasteiger partial charge in [-0.25, -0.2) is 9.59 Å². The van der Waals surface area contributed by atoms with Crippen molar-refractivity contribution in [2.75, 3.05) is 0 Å². The lowest BCUT2D eigenvalue weighted by molar-refractivity contribution is -0.178. The second-order valence-corrected chi connectivity index (χ2v) is 5.42. The van der Waals surface area contributed by atoms with Gasteiger partial charge in [0.15, 0.2) is 5.60 Å². The van der Waals surface area contributed by atoms with E-state index in [1.165, 1.54) is 0 Å². The van der Waals surface area contributed by atoms with Crippen LogP contribution in [0.2, 0.25) is 0 Å². The van der Waals surface area contributed by atoms with E-state index >= 15 is 0 Å². The van der Waals surface area contributed by atoms with Gasteiger partial charge < -0.3 is 14.9 Å². The third-order valence-electron chi connectivity index (χ3n) is 3.74. The Kier molecular flexibility index (Phi) is 4.99. The van der Waals surface area contributed by atoms with Crippen LogP contribution in [0.4, 0.5) is 4.79 Å². The molecule has 0 spiro atoms. The van der Waals surface area contributed by atoms with E-state index in [1.54, 1.807) is 12.2 Å². The van der Waals surface area contributed by atoms with Gasteiger partial charge in [0.25, 0.3) is 11.8 Å². The minimum absolute atomic E-state index is 0.0267. The number of hydrogen-bond acceptors (Lipinski definition) is 7. The summed E-state index contributed by atoms with van der Waals surface area (Å²) in [5, 5.41) is 19.4. The molecule has 9 nitrogen and oxygen atoms in total. The Labute approximate surface area is 131 Å². The van der Waals surface area contributed by atoms with Crippen LogP contribution in [0.25, 0.3) is 0 Å². The molecule has 0 aromatic heterocycles. The normalized spacial score (nSPS) is 29.6. The summed E-state index contributed by atoms with van der Waals surface area (Å²) in [5.74, 6) is -2.58. The second kappa shape index (κ2) is 6.78. The van der Waals surface area contributed by atoms with Crippen molar-refractivity contribution in [1.82, 2.24) is 5.06 Å². The number of amides is 2. The first-order valence-electron chi connectivity index (χ1n) is 7.18. The Balaban J connectivity index is 1.92. The highest BCUT2D eigenvalue weighted by atomic mass is 16.8. The van der Waals surface area contributed by atoms with E-state index in [0.717, 1.165) is 0 Å². The molecule has 0 aromatic rings. The number of aliphatic carboxylic acids is 1. The largest absolute Gasteiger partial charge is 0.534 e. The number of imide groups is 1. The number of carboxylic acids is 1. The van der Waals surface area contributed by atoms with Crippen molar-refractivity contribution >= 4 is 23.9 Å². The molecule has 1 aliphatic carbocycles. The lowest BCUT2D eigenvalue weighted by Gasteiger charge is -2.26. The molecule has 23 heavy (non-hydrogen) atoms. The van der Waals surface area contributed by atoms with E-state index in [-0.39, 0.29) is 32.1 Å². The number of carbonyl (C=O) groups is 4. The van der Waals surface area contributed by atoms with Gasteiger partial charge >= 0.3 is 12.1 Å². The fourth-order valence-electron chi connectivity index (χ4n) is 2.36. The number of rotatable bonds is 3. The highest BCUT2D eigenvalue weighted by Gasteiger charge is 2.37. The summed E-state index contributed by atoms with van der Waals surface area (Å²) in [5.41, 5.74) is -1.88. The van der Waals surface area contributed by atoms with Crippen molar-refractivity contribution in [2.24, 2.45) is 0 Å². The van der Waals surface area contributed by atoms with Crippen LogP contribution in [0.15, 0.2) is 12.2 Å². The minimum Gasteiger partial charge on any atom is -0.479 e. The smallest absolute Gasteiger partial charge is 0.479 e. The number of allylic oxidation sites excluding steroid dienone is 1. The van der Waals surface area contributed by atoms with Crippen LogP contribution >= 0.6 is 0 Å². The molecule has 2 amide bonds. The number of hydroxylamine groups is 2. The Bertz CT molecular complexity index is 541. The quantitative estimate of drug-likeness (QED) is 0.436. The van der Waals surface area contributed by atoms with Gasteiger partial charge in [0, 0.05) is 12.8 Å². The number of carbonyl (C=O) groups excluding carboxylic acids is 3. The second-order valence-electron chi connectivity index (χ2n) is 5.42. The number of aliphatic hydroxyl groups is 1. The molecule has 2 N–H and O–H groups in total. The Hall–Kier alpha value is -2.42. The SMILES string of the molecule is O=C(O[C@H]1/C=C/CC[C@@](O)(C(=O)O)CC1)ON1C(=O)CCC1=O. The summed E-state index contributed by atoms with van der Waals surface area (Å²) in [6.45, 7) is 0. The molecule has 1 heterocycles. The molecule has 0 saturated carbocycles. The Morgan fingerprint density at radius 1 is 1.22 bits per heavy atom. The molecule has 0 aromatic carbocycles. The maximum Gasteiger partial charge on any atom is 0.534 e. The number of carboxylic acid groups (broad SMARTS) is 1. The molecule has 0 radical (unpaired) electrons. The van der Waals surface area contributed by atoms with Crippen LogP contribution in [0.3, 0.4) is 0 Å². The fraction of sp³-hybridized carbons (Fsp3) is 0.571. The molecule has 9 heteroatoms. The zero-order valence-electron chi connectivity index (χ0n) is 12.3. The van der Waals surface area contributed by atoms with Crippen LogP contribution in [-0.4, -0.2) is 50.9 Å². The van der Waals surface area contributed by atoms with E-state index in [0.29, 0.717) is 11.5 Å². The third-order valence-corrected chi connectivity index (χ3v) is 3.74. The minimum atomic E-state index is -1.88. The van der Waals surface area contributed by atoms with Gasteiger partial charge in [-0.2, -0.15) is 0 Å². The van der Waals surface area contributed by atoms with Crippen molar-refractivity contribution in [1.29, 1.82) is 0 Å². The molecule has 0 unspecified atom stereocenters. The zero-order chi connectivity index (χ0) is 17.0. The summed E-state index contributed by atoms with van der Waals surface area (Å²) in [7, 11) is 0. The molecular weight excluding hydrogens is 310 g/mol. The van der Waals surface area contributed by atoms with Crippen LogP contribution in [0, 0.1) is 0 Å². The van der Waals surface area contributed by atoms with Crippen molar-refractivity contribution in [3.05, 3.63) is 12.2 Å². The van der Waals surface area contributed by atoms with Gasteiger partial charge in [-0.1, -0.05) is 11.1 Å². The first-order chi connectivity index (χ1) is 10.8. The first kappa shape index (κ1) is 16.9. The topological polar surface area (TPSA) is 130 Å². The monoisotopic (exact) mass is 327 g/mol. The molecule has 1 saturated heterocycles. The van der Waals surface area contributed by atoms with Crippen LogP contribution in [0.1, 0.15) is 38.5 Å². The summed E-state index contributed by atoms with van der Waals surface area (Å²) in [6, 6.07) is 0. The summed E-state index contributed by atoms with van der Waals surface area (Å²) < 4.78 is 4.96. The predicted octanol–water partition coefficient (Wildman–Crippen LogP) is 0.518. The first-order valence-corrected chi connectivity index (χ1v) is 7.18. The average molecular weight is 327 g/mol. The van der Waals surface area contributed by atoms with Crippen molar-refractivity contribution < 1.29 is 39.0 Å². The lowest BCUT2D eigenvalue weighted by atomic mass is 9.89. The van der Waals surface area contributed by atoms with Crippen molar-refractivity contribution in [3.63, 3.8) is 0 Å². The van der Waals surface area contributed by atoms with Crippen LogP contribution < -0.4 is 0 Å². The summed E-state index contributed by atoms with van der Waals surface area (Å²) in [4.78, 5) is 50.0. The van der Waals surface area contributed by atoms with Gasteiger partial charge in [-0.05, 0) is 31.8 Å². The maximum atomic E-state index is 11.6. The lowest BCUT2D eigenvalue weighted by Crippen LogP contribution is -2.40. The van der Waals surface area contributed by atoms with Crippen molar-refractivity contribution in [2.45, 2.75) is 50.2 Å². The predicted molar refractivity (Wildman–Crippen MR) is 72.6 cm³/mol. The summed E-state index contributed by atoms with van der Waals surface area (Å²) >= 11 is 0. The van der Waals surface area contributed by atoms with E-state index < -0.39 is 35.6 Å². The molecule has 1 aliphatic heterocycles. The van der Waals surface area contributed by atoms with E-state index in [2.05, 4.69) is 4.84 Å². The van der Waals surface area contributed by atoms with Crippen LogP contribution in [0.5, 0.6) is 0 Å².